The second-order valence-corrected chi connectivity index (χ2v) is 5.69. The van der Waals surface area contributed by atoms with E-state index in [2.05, 4.69) is 46.7 Å². The average Bonchev–Trinajstić information content (AvgIpc) is 2.48. The molecule has 1 aromatic rings. The van der Waals surface area contributed by atoms with Crippen LogP contribution in [0.4, 0.5) is 5.82 Å². The first-order valence-electron chi connectivity index (χ1n) is 7.62. The maximum atomic E-state index is 11.8. The zero-order valence-corrected chi connectivity index (χ0v) is 16.8. The number of anilines is 1. The van der Waals surface area contributed by atoms with Crippen molar-refractivity contribution in [2.75, 3.05) is 18.9 Å². The largest absolute Gasteiger partial charge is 0.356 e. The van der Waals surface area contributed by atoms with Gasteiger partial charge in [-0.15, -0.1) is 24.0 Å². The van der Waals surface area contributed by atoms with E-state index >= 15 is 0 Å². The summed E-state index contributed by atoms with van der Waals surface area (Å²) >= 11 is 0. The van der Waals surface area contributed by atoms with Crippen molar-refractivity contribution in [1.82, 2.24) is 15.6 Å². The van der Waals surface area contributed by atoms with Gasteiger partial charge in [0.15, 0.2) is 5.96 Å². The fourth-order valence-electron chi connectivity index (χ4n) is 1.62. The van der Waals surface area contributed by atoms with Crippen molar-refractivity contribution >= 4 is 41.7 Å². The quantitative estimate of drug-likeness (QED) is 0.366. The summed E-state index contributed by atoms with van der Waals surface area (Å²) < 4.78 is 0. The number of aryl methyl sites for hydroxylation is 1. The number of carbonyl (C=O) groups excluding carboxylic acids is 1. The number of pyridine rings is 1. The van der Waals surface area contributed by atoms with Crippen LogP contribution in [-0.2, 0) is 4.79 Å². The first kappa shape index (κ1) is 21.6. The van der Waals surface area contributed by atoms with E-state index in [1.165, 1.54) is 0 Å². The lowest BCUT2D eigenvalue weighted by Crippen LogP contribution is -2.44. The Bertz CT molecular complexity index is 502. The number of carbonyl (C=O) groups is 1. The molecule has 1 aromatic heterocycles. The minimum atomic E-state index is -0.0729. The number of hydrogen-bond acceptors (Lipinski definition) is 3. The van der Waals surface area contributed by atoms with E-state index in [0.717, 1.165) is 5.56 Å². The number of nitrogens with zero attached hydrogens (tertiary/aromatic N) is 2. The van der Waals surface area contributed by atoms with Crippen LogP contribution in [0.2, 0.25) is 0 Å². The van der Waals surface area contributed by atoms with E-state index < -0.39 is 0 Å². The molecule has 0 aliphatic rings. The number of aromatic nitrogens is 1. The van der Waals surface area contributed by atoms with Crippen molar-refractivity contribution in [3.8, 4) is 0 Å². The van der Waals surface area contributed by atoms with Gasteiger partial charge < -0.3 is 16.0 Å². The Hall–Kier alpha value is -1.38. The third-order valence-electron chi connectivity index (χ3n) is 3.41. The number of halogens is 1. The Balaban J connectivity index is 0.00000484. The lowest BCUT2D eigenvalue weighted by molar-refractivity contribution is -0.116. The van der Waals surface area contributed by atoms with Crippen LogP contribution in [0.25, 0.3) is 0 Å². The molecule has 0 radical (unpaired) electrons. The molecule has 0 saturated carbocycles. The fraction of sp³-hybridized carbons (Fsp3) is 0.562. The van der Waals surface area contributed by atoms with E-state index in [-0.39, 0.29) is 29.9 Å². The topological polar surface area (TPSA) is 78.4 Å². The Morgan fingerprint density at radius 1 is 1.30 bits per heavy atom. The third kappa shape index (κ3) is 8.73. The SMILES string of the molecule is CN=C(NCCC(=O)Nc1ccc(C)cn1)NC(C)C(C)C.I. The summed E-state index contributed by atoms with van der Waals surface area (Å²) in [5, 5.41) is 9.20. The summed E-state index contributed by atoms with van der Waals surface area (Å²) in [7, 11) is 1.72. The highest BCUT2D eigenvalue weighted by molar-refractivity contribution is 14.0. The highest BCUT2D eigenvalue weighted by Crippen LogP contribution is 2.04. The van der Waals surface area contributed by atoms with Crippen LogP contribution in [0.1, 0.15) is 32.8 Å². The molecule has 1 heterocycles. The molecule has 0 aliphatic carbocycles. The predicted molar refractivity (Wildman–Crippen MR) is 106 cm³/mol. The third-order valence-corrected chi connectivity index (χ3v) is 3.41. The maximum Gasteiger partial charge on any atom is 0.227 e. The van der Waals surface area contributed by atoms with Crippen molar-refractivity contribution < 1.29 is 4.79 Å². The summed E-state index contributed by atoms with van der Waals surface area (Å²) in [6, 6.07) is 4.03. The van der Waals surface area contributed by atoms with Gasteiger partial charge in [-0.05, 0) is 31.4 Å². The highest BCUT2D eigenvalue weighted by Gasteiger charge is 2.09. The molecule has 7 heteroatoms. The van der Waals surface area contributed by atoms with Gasteiger partial charge in [-0.25, -0.2) is 4.98 Å². The predicted octanol–water partition coefficient (Wildman–Crippen LogP) is 2.55. The first-order chi connectivity index (χ1) is 10.4. The minimum Gasteiger partial charge on any atom is -0.356 e. The molecular weight excluding hydrogens is 405 g/mol. The molecule has 23 heavy (non-hydrogen) atoms. The Kier molecular flexibility index (Phi) is 10.5. The molecule has 3 N–H and O–H groups in total. The van der Waals surface area contributed by atoms with E-state index in [1.807, 2.05) is 13.0 Å². The van der Waals surface area contributed by atoms with Crippen LogP contribution in [0.15, 0.2) is 23.3 Å². The van der Waals surface area contributed by atoms with E-state index in [0.29, 0.717) is 36.7 Å². The summed E-state index contributed by atoms with van der Waals surface area (Å²) in [6.07, 6.45) is 2.08. The standard InChI is InChI=1S/C16H27N5O.HI/c1-11(2)13(4)20-16(17-5)18-9-8-15(22)21-14-7-6-12(3)10-19-14;/h6-7,10-11,13H,8-9H2,1-5H3,(H2,17,18,20)(H,19,21,22);1H. The normalized spacial score (nSPS) is 12.3. The summed E-state index contributed by atoms with van der Waals surface area (Å²) in [6.45, 7) is 8.87. The van der Waals surface area contributed by atoms with Gasteiger partial charge in [0.05, 0.1) is 0 Å². The van der Waals surface area contributed by atoms with Crippen molar-refractivity contribution in [3.63, 3.8) is 0 Å². The molecule has 0 fully saturated rings. The van der Waals surface area contributed by atoms with Crippen LogP contribution in [0.5, 0.6) is 0 Å². The zero-order chi connectivity index (χ0) is 16.5. The smallest absolute Gasteiger partial charge is 0.227 e. The van der Waals surface area contributed by atoms with Gasteiger partial charge in [0.25, 0.3) is 0 Å². The molecule has 1 rings (SSSR count). The average molecular weight is 433 g/mol. The maximum absolute atomic E-state index is 11.8. The van der Waals surface area contributed by atoms with E-state index in [1.54, 1.807) is 19.3 Å². The lowest BCUT2D eigenvalue weighted by Gasteiger charge is -2.20. The molecule has 1 unspecified atom stereocenters. The van der Waals surface area contributed by atoms with Gasteiger partial charge in [-0.1, -0.05) is 19.9 Å². The minimum absolute atomic E-state index is 0. The van der Waals surface area contributed by atoms with Gasteiger partial charge >= 0.3 is 0 Å². The Labute approximate surface area is 156 Å². The molecule has 0 saturated heterocycles. The Morgan fingerprint density at radius 3 is 2.52 bits per heavy atom. The van der Waals surface area contributed by atoms with Crippen LogP contribution in [0, 0.1) is 12.8 Å². The van der Waals surface area contributed by atoms with Gasteiger partial charge in [0, 0.05) is 32.3 Å². The monoisotopic (exact) mass is 433 g/mol. The van der Waals surface area contributed by atoms with Gasteiger partial charge in [0.2, 0.25) is 5.91 Å². The lowest BCUT2D eigenvalue weighted by atomic mass is 10.1. The fourth-order valence-corrected chi connectivity index (χ4v) is 1.62. The van der Waals surface area contributed by atoms with Crippen molar-refractivity contribution in [1.29, 1.82) is 0 Å². The Morgan fingerprint density at radius 2 is 2.00 bits per heavy atom. The van der Waals surface area contributed by atoms with Crippen molar-refractivity contribution in [3.05, 3.63) is 23.9 Å². The number of guanidine groups is 1. The molecule has 0 aromatic carbocycles. The molecule has 1 atom stereocenters. The number of rotatable bonds is 6. The number of nitrogens with one attached hydrogen (secondary N) is 3. The van der Waals surface area contributed by atoms with Crippen LogP contribution in [0.3, 0.4) is 0 Å². The van der Waals surface area contributed by atoms with Crippen LogP contribution < -0.4 is 16.0 Å². The zero-order valence-electron chi connectivity index (χ0n) is 14.5. The van der Waals surface area contributed by atoms with E-state index in [4.69, 9.17) is 0 Å². The van der Waals surface area contributed by atoms with Gasteiger partial charge in [-0.3, -0.25) is 9.79 Å². The van der Waals surface area contributed by atoms with E-state index in [9.17, 15) is 4.79 Å². The second-order valence-electron chi connectivity index (χ2n) is 5.69. The van der Waals surface area contributed by atoms with Crippen LogP contribution in [-0.4, -0.2) is 36.5 Å². The second kappa shape index (κ2) is 11.2. The van der Waals surface area contributed by atoms with Gasteiger partial charge in [0.1, 0.15) is 5.82 Å². The molecule has 1 amide bonds. The number of hydrogen-bond donors (Lipinski definition) is 3. The highest BCUT2D eigenvalue weighted by atomic mass is 127. The molecule has 6 nitrogen and oxygen atoms in total. The first-order valence-corrected chi connectivity index (χ1v) is 7.62. The summed E-state index contributed by atoms with van der Waals surface area (Å²) in [5.41, 5.74) is 1.06. The molecule has 0 spiro atoms. The molecule has 0 aliphatic heterocycles. The molecular formula is C16H28IN5O. The summed E-state index contributed by atoms with van der Waals surface area (Å²) in [5.74, 6) is 1.72. The molecule has 0 bridgehead atoms. The van der Waals surface area contributed by atoms with Crippen molar-refractivity contribution in [2.45, 2.75) is 40.2 Å². The number of aliphatic imine (C=N–C) groups is 1. The summed E-state index contributed by atoms with van der Waals surface area (Å²) in [4.78, 5) is 20.1. The molecule has 130 valence electrons. The number of amides is 1. The van der Waals surface area contributed by atoms with Gasteiger partial charge in [-0.2, -0.15) is 0 Å². The van der Waals surface area contributed by atoms with Crippen molar-refractivity contribution in [2.24, 2.45) is 10.9 Å². The van der Waals surface area contributed by atoms with Crippen LogP contribution >= 0.6 is 24.0 Å².